The molecule has 0 spiro atoms. The number of H-pyrrole nitrogens is 1. The summed E-state index contributed by atoms with van der Waals surface area (Å²) in [5, 5.41) is 1.10. The molecule has 1 fully saturated rings. The molecule has 1 aliphatic rings. The van der Waals surface area contributed by atoms with E-state index in [1.54, 1.807) is 4.90 Å². The van der Waals surface area contributed by atoms with Crippen LogP contribution in [0.15, 0.2) is 34.7 Å². The highest BCUT2D eigenvalue weighted by molar-refractivity contribution is 5.98. The molecule has 25 heavy (non-hydrogen) atoms. The van der Waals surface area contributed by atoms with Gasteiger partial charge < -0.3 is 14.3 Å². The number of aromatic nitrogens is 1. The number of fused-ring (bicyclic) bond motifs is 1. The Hall–Kier alpha value is -2.49. The smallest absolute Gasteiger partial charge is 0.270 e. The molecule has 1 aromatic carbocycles. The number of hydrogen-bond acceptors (Lipinski definition) is 2. The molecule has 2 heterocycles. The molecule has 3 aromatic rings. The number of aryl methyl sites for hydroxylation is 2. The molecule has 4 rings (SSSR count). The Morgan fingerprint density at radius 1 is 1.28 bits per heavy atom. The van der Waals surface area contributed by atoms with Crippen LogP contribution >= 0.6 is 0 Å². The monoisotopic (exact) mass is 336 g/mol. The van der Waals surface area contributed by atoms with Crippen LogP contribution < -0.4 is 0 Å². The zero-order valence-corrected chi connectivity index (χ0v) is 15.2. The van der Waals surface area contributed by atoms with Gasteiger partial charge in [0.2, 0.25) is 0 Å². The molecule has 0 aliphatic heterocycles. The Kier molecular flexibility index (Phi) is 3.71. The summed E-state index contributed by atoms with van der Waals surface area (Å²) < 4.78 is 5.92. The lowest BCUT2D eigenvalue weighted by molar-refractivity contribution is 0.0770. The Morgan fingerprint density at radius 2 is 2.04 bits per heavy atom. The SMILES string of the molecule is Cc1cc(C)c2cc(C(=O)N(C)Cc3ccc(C4CC4C)o3)[nH]c2c1. The molecule has 2 atom stereocenters. The summed E-state index contributed by atoms with van der Waals surface area (Å²) in [5.41, 5.74) is 4.00. The summed E-state index contributed by atoms with van der Waals surface area (Å²) in [6.07, 6.45) is 1.20. The number of aromatic amines is 1. The highest BCUT2D eigenvalue weighted by Gasteiger charge is 2.36. The van der Waals surface area contributed by atoms with Crippen LogP contribution in [0.2, 0.25) is 0 Å². The number of rotatable bonds is 4. The average Bonchev–Trinajstić information content (AvgIpc) is 2.98. The Labute approximate surface area is 147 Å². The molecule has 4 nitrogen and oxygen atoms in total. The van der Waals surface area contributed by atoms with Crippen LogP contribution in [0.3, 0.4) is 0 Å². The maximum atomic E-state index is 12.8. The lowest BCUT2D eigenvalue weighted by atomic mass is 10.1. The third kappa shape index (κ3) is 2.97. The van der Waals surface area contributed by atoms with Crippen LogP contribution in [-0.4, -0.2) is 22.8 Å². The van der Waals surface area contributed by atoms with Crippen molar-refractivity contribution in [1.29, 1.82) is 0 Å². The van der Waals surface area contributed by atoms with Gasteiger partial charge in [0.1, 0.15) is 17.2 Å². The maximum absolute atomic E-state index is 12.8. The first-order valence-electron chi connectivity index (χ1n) is 8.86. The molecule has 1 saturated carbocycles. The van der Waals surface area contributed by atoms with Crippen molar-refractivity contribution in [2.45, 2.75) is 39.7 Å². The molecule has 130 valence electrons. The van der Waals surface area contributed by atoms with E-state index in [-0.39, 0.29) is 5.91 Å². The first kappa shape index (κ1) is 16.0. The van der Waals surface area contributed by atoms with Gasteiger partial charge in [-0.25, -0.2) is 0 Å². The summed E-state index contributed by atoms with van der Waals surface area (Å²) in [6, 6.07) is 10.2. The molecule has 0 radical (unpaired) electrons. The molecule has 4 heteroatoms. The predicted octanol–water partition coefficient (Wildman–Crippen LogP) is 4.77. The molecule has 1 aliphatic carbocycles. The molecule has 0 saturated heterocycles. The second kappa shape index (κ2) is 5.80. The lowest BCUT2D eigenvalue weighted by Gasteiger charge is -2.14. The van der Waals surface area contributed by atoms with Gasteiger partial charge in [0.05, 0.1) is 6.54 Å². The summed E-state index contributed by atoms with van der Waals surface area (Å²) in [5.74, 6) is 3.16. The van der Waals surface area contributed by atoms with Crippen LogP contribution in [-0.2, 0) is 6.54 Å². The average molecular weight is 336 g/mol. The number of furan rings is 1. The van der Waals surface area contributed by atoms with Gasteiger partial charge in [-0.1, -0.05) is 13.0 Å². The van der Waals surface area contributed by atoms with E-state index in [2.05, 4.69) is 44.0 Å². The first-order chi connectivity index (χ1) is 11.9. The van der Waals surface area contributed by atoms with E-state index in [4.69, 9.17) is 4.42 Å². The number of amides is 1. The van der Waals surface area contributed by atoms with Gasteiger partial charge in [0.25, 0.3) is 5.91 Å². The minimum atomic E-state index is -0.0222. The van der Waals surface area contributed by atoms with Crippen molar-refractivity contribution in [1.82, 2.24) is 9.88 Å². The molecule has 1 amide bonds. The standard InChI is InChI=1S/C21H24N2O2/c1-12-7-13(2)16-10-19(22-18(16)8-12)21(24)23(4)11-15-5-6-20(25-15)17-9-14(17)3/h5-8,10,14,17,22H,9,11H2,1-4H3. The number of carbonyl (C=O) groups is 1. The number of benzene rings is 1. The van der Waals surface area contributed by atoms with Gasteiger partial charge in [-0.15, -0.1) is 0 Å². The highest BCUT2D eigenvalue weighted by atomic mass is 16.3. The molecule has 2 unspecified atom stereocenters. The summed E-state index contributed by atoms with van der Waals surface area (Å²) >= 11 is 0. The van der Waals surface area contributed by atoms with E-state index in [0.717, 1.165) is 28.3 Å². The number of nitrogens with one attached hydrogen (secondary N) is 1. The van der Waals surface area contributed by atoms with E-state index in [9.17, 15) is 4.79 Å². The van der Waals surface area contributed by atoms with Gasteiger partial charge in [-0.05, 0) is 61.6 Å². The lowest BCUT2D eigenvalue weighted by Crippen LogP contribution is -2.26. The van der Waals surface area contributed by atoms with Crippen molar-refractivity contribution in [3.8, 4) is 0 Å². The number of carbonyl (C=O) groups excluding carboxylic acids is 1. The van der Waals surface area contributed by atoms with E-state index in [1.807, 2.05) is 19.2 Å². The molecule has 0 bridgehead atoms. The van der Waals surface area contributed by atoms with Crippen molar-refractivity contribution in [2.24, 2.45) is 5.92 Å². The molecular formula is C21H24N2O2. The van der Waals surface area contributed by atoms with Gasteiger partial charge in [0.15, 0.2) is 0 Å². The van der Waals surface area contributed by atoms with Gasteiger partial charge in [-0.2, -0.15) is 0 Å². The zero-order valence-electron chi connectivity index (χ0n) is 15.2. The van der Waals surface area contributed by atoms with Gasteiger partial charge in [-0.3, -0.25) is 4.79 Å². The third-order valence-electron chi connectivity index (χ3n) is 5.22. The van der Waals surface area contributed by atoms with E-state index in [0.29, 0.717) is 18.2 Å². The highest BCUT2D eigenvalue weighted by Crippen LogP contribution is 2.47. The third-order valence-corrected chi connectivity index (χ3v) is 5.22. The first-order valence-corrected chi connectivity index (χ1v) is 8.86. The summed E-state index contributed by atoms with van der Waals surface area (Å²) in [7, 11) is 1.81. The van der Waals surface area contributed by atoms with Crippen molar-refractivity contribution < 1.29 is 9.21 Å². The van der Waals surface area contributed by atoms with Crippen LogP contribution in [0.25, 0.3) is 10.9 Å². The van der Waals surface area contributed by atoms with Crippen molar-refractivity contribution in [3.63, 3.8) is 0 Å². The van der Waals surface area contributed by atoms with Gasteiger partial charge >= 0.3 is 0 Å². The zero-order chi connectivity index (χ0) is 17.7. The summed E-state index contributed by atoms with van der Waals surface area (Å²) in [6.45, 7) is 6.86. The fourth-order valence-electron chi connectivity index (χ4n) is 3.62. The van der Waals surface area contributed by atoms with Crippen LogP contribution in [0.5, 0.6) is 0 Å². The Balaban J connectivity index is 1.52. The normalized spacial score (nSPS) is 19.4. The van der Waals surface area contributed by atoms with Crippen molar-refractivity contribution in [3.05, 3.63) is 58.7 Å². The summed E-state index contributed by atoms with van der Waals surface area (Å²) in [4.78, 5) is 17.7. The quantitative estimate of drug-likeness (QED) is 0.746. The number of nitrogens with zero attached hydrogens (tertiary/aromatic N) is 1. The molecule has 1 N–H and O–H groups in total. The van der Waals surface area contributed by atoms with Crippen LogP contribution in [0.4, 0.5) is 0 Å². The van der Waals surface area contributed by atoms with Crippen LogP contribution in [0.1, 0.15) is 52.4 Å². The maximum Gasteiger partial charge on any atom is 0.270 e. The van der Waals surface area contributed by atoms with Crippen molar-refractivity contribution in [2.75, 3.05) is 7.05 Å². The van der Waals surface area contributed by atoms with E-state index >= 15 is 0 Å². The second-order valence-electron chi connectivity index (χ2n) is 7.51. The number of hydrogen-bond donors (Lipinski definition) is 1. The largest absolute Gasteiger partial charge is 0.464 e. The topological polar surface area (TPSA) is 49.2 Å². The molecule has 2 aromatic heterocycles. The fourth-order valence-corrected chi connectivity index (χ4v) is 3.62. The van der Waals surface area contributed by atoms with Crippen molar-refractivity contribution >= 4 is 16.8 Å². The minimum absolute atomic E-state index is 0.0222. The second-order valence-corrected chi connectivity index (χ2v) is 7.51. The molecular weight excluding hydrogens is 312 g/mol. The van der Waals surface area contributed by atoms with Crippen LogP contribution in [0, 0.1) is 19.8 Å². The Bertz CT molecular complexity index is 950. The van der Waals surface area contributed by atoms with Gasteiger partial charge in [0, 0.05) is 23.9 Å². The van der Waals surface area contributed by atoms with E-state index < -0.39 is 0 Å². The van der Waals surface area contributed by atoms with E-state index in [1.165, 1.54) is 17.5 Å². The Morgan fingerprint density at radius 3 is 2.76 bits per heavy atom. The predicted molar refractivity (Wildman–Crippen MR) is 98.8 cm³/mol. The minimum Gasteiger partial charge on any atom is -0.464 e. The fraction of sp³-hybridized carbons (Fsp3) is 0.381.